The van der Waals surface area contributed by atoms with E-state index in [2.05, 4.69) is 10.5 Å². The first-order valence-corrected chi connectivity index (χ1v) is 11.3. The average Bonchev–Trinajstić information content (AvgIpc) is 2.69. The van der Waals surface area contributed by atoms with Crippen molar-refractivity contribution >= 4 is 33.8 Å². The molecule has 166 valence electrons. The van der Waals surface area contributed by atoms with Crippen LogP contribution in [0.4, 0.5) is 5.69 Å². The van der Waals surface area contributed by atoms with Crippen LogP contribution in [0.2, 0.25) is 0 Å². The molecule has 0 aromatic heterocycles. The third kappa shape index (κ3) is 7.10. The molecule has 9 nitrogen and oxygen atoms in total. The summed E-state index contributed by atoms with van der Waals surface area (Å²) < 4.78 is 36.0. The number of carbonyl (C=O) groups is 2. The van der Waals surface area contributed by atoms with Crippen LogP contribution in [0.25, 0.3) is 0 Å². The van der Waals surface area contributed by atoms with Crippen molar-refractivity contribution in [2.24, 2.45) is 5.10 Å². The van der Waals surface area contributed by atoms with Gasteiger partial charge in [-0.05, 0) is 67.9 Å². The molecule has 0 bridgehead atoms. The normalized spacial score (nSPS) is 12.3. The van der Waals surface area contributed by atoms with E-state index in [0.29, 0.717) is 29.4 Å². The number of hydrazone groups is 1. The minimum Gasteiger partial charge on any atom is -0.494 e. The maximum atomic E-state index is 12.5. The van der Waals surface area contributed by atoms with Gasteiger partial charge in [-0.3, -0.25) is 13.9 Å². The number of rotatable bonds is 9. The topological polar surface area (TPSA) is 114 Å². The number of nitrogens with zero attached hydrogens (tertiary/aromatic N) is 2. The fourth-order valence-corrected chi connectivity index (χ4v) is 3.89. The van der Waals surface area contributed by atoms with Crippen molar-refractivity contribution in [3.8, 4) is 11.5 Å². The number of hydrogen-bond acceptors (Lipinski definition) is 7. The predicted molar refractivity (Wildman–Crippen MR) is 118 cm³/mol. The van der Waals surface area contributed by atoms with Crippen molar-refractivity contribution < 1.29 is 27.5 Å². The van der Waals surface area contributed by atoms with Crippen LogP contribution < -0.4 is 19.2 Å². The van der Waals surface area contributed by atoms with Crippen LogP contribution in [-0.4, -0.2) is 45.4 Å². The summed E-state index contributed by atoms with van der Waals surface area (Å²) in [5, 5.41) is 3.88. The number of benzene rings is 2. The van der Waals surface area contributed by atoms with E-state index in [9.17, 15) is 18.0 Å². The lowest BCUT2D eigenvalue weighted by atomic mass is 10.2. The summed E-state index contributed by atoms with van der Waals surface area (Å²) in [5.41, 5.74) is 3.33. The molecule has 1 atom stereocenters. The van der Waals surface area contributed by atoms with Crippen LogP contribution in [0.5, 0.6) is 11.5 Å². The summed E-state index contributed by atoms with van der Waals surface area (Å²) in [4.78, 5) is 23.5. The largest absolute Gasteiger partial charge is 0.494 e. The quantitative estimate of drug-likeness (QED) is 0.273. The number of hydrogen-bond donors (Lipinski definition) is 1. The Hall–Kier alpha value is -3.40. The van der Waals surface area contributed by atoms with Gasteiger partial charge in [0.15, 0.2) is 0 Å². The van der Waals surface area contributed by atoms with Crippen LogP contribution >= 0.6 is 0 Å². The van der Waals surface area contributed by atoms with Gasteiger partial charge in [-0.15, -0.1) is 0 Å². The first-order chi connectivity index (χ1) is 14.6. The Morgan fingerprint density at radius 1 is 1.10 bits per heavy atom. The van der Waals surface area contributed by atoms with E-state index in [1.54, 1.807) is 48.5 Å². The van der Waals surface area contributed by atoms with Crippen LogP contribution in [-0.2, 0) is 19.6 Å². The molecule has 2 rings (SSSR count). The molecule has 0 fully saturated rings. The van der Waals surface area contributed by atoms with E-state index in [0.717, 1.165) is 10.6 Å². The molecule has 1 N–H and O–H groups in total. The minimum absolute atomic E-state index is 0.332. The molecule has 0 aliphatic rings. The van der Waals surface area contributed by atoms with Crippen LogP contribution in [0, 0.1) is 0 Å². The molecule has 0 saturated carbocycles. The van der Waals surface area contributed by atoms with Crippen molar-refractivity contribution in [3.05, 3.63) is 54.1 Å². The standard InChI is InChI=1S/C21H25N3O6S/c1-5-29-19-12-8-18(9-13-19)24(31(4,27)28)15(2)21(26)23-22-14-17-6-10-20(11-7-17)30-16(3)25/h6-15H,5H2,1-4H3,(H,23,26)/b22-14-/t15-/m0/s1. The Morgan fingerprint density at radius 2 is 1.68 bits per heavy atom. The smallest absolute Gasteiger partial charge is 0.308 e. The second-order valence-electron chi connectivity index (χ2n) is 6.56. The van der Waals surface area contributed by atoms with Crippen molar-refractivity contribution in [2.75, 3.05) is 17.2 Å². The number of ether oxygens (including phenoxy) is 2. The molecular weight excluding hydrogens is 422 g/mol. The number of sulfonamides is 1. The molecular formula is C21H25N3O6S. The summed E-state index contributed by atoms with van der Waals surface area (Å²) in [5.74, 6) is -0.0414. The molecule has 0 unspecified atom stereocenters. The number of carbonyl (C=O) groups excluding carboxylic acids is 2. The zero-order valence-corrected chi connectivity index (χ0v) is 18.5. The zero-order valence-electron chi connectivity index (χ0n) is 17.7. The highest BCUT2D eigenvalue weighted by atomic mass is 32.2. The van der Waals surface area contributed by atoms with Gasteiger partial charge < -0.3 is 9.47 Å². The van der Waals surface area contributed by atoms with Gasteiger partial charge in [0.25, 0.3) is 5.91 Å². The highest BCUT2D eigenvalue weighted by molar-refractivity contribution is 7.92. The van der Waals surface area contributed by atoms with Crippen molar-refractivity contribution in [1.82, 2.24) is 5.43 Å². The highest BCUT2D eigenvalue weighted by Gasteiger charge is 2.29. The molecule has 2 aromatic rings. The molecule has 10 heteroatoms. The number of anilines is 1. The fourth-order valence-electron chi connectivity index (χ4n) is 2.72. The maximum absolute atomic E-state index is 12.5. The van der Waals surface area contributed by atoms with Gasteiger partial charge in [-0.1, -0.05) is 0 Å². The average molecular weight is 448 g/mol. The van der Waals surface area contributed by atoms with Crippen LogP contribution in [0.3, 0.4) is 0 Å². The minimum atomic E-state index is -3.74. The monoisotopic (exact) mass is 447 g/mol. The maximum Gasteiger partial charge on any atom is 0.308 e. The second kappa shape index (κ2) is 10.6. The summed E-state index contributed by atoms with van der Waals surface area (Å²) in [6.45, 7) is 5.10. The molecule has 31 heavy (non-hydrogen) atoms. The van der Waals surface area contributed by atoms with Gasteiger partial charge in [-0.2, -0.15) is 5.10 Å². The van der Waals surface area contributed by atoms with Crippen LogP contribution in [0.1, 0.15) is 26.3 Å². The molecule has 0 aliphatic carbocycles. The summed E-state index contributed by atoms with van der Waals surface area (Å²) >= 11 is 0. The van der Waals surface area contributed by atoms with Gasteiger partial charge in [0.2, 0.25) is 10.0 Å². The SMILES string of the molecule is CCOc1ccc(N([C@@H](C)C(=O)N/N=C\c2ccc(OC(C)=O)cc2)S(C)(=O)=O)cc1. The lowest BCUT2D eigenvalue weighted by Crippen LogP contribution is -2.46. The van der Waals surface area contributed by atoms with Gasteiger partial charge in [-0.25, -0.2) is 13.8 Å². The van der Waals surface area contributed by atoms with Gasteiger partial charge in [0.05, 0.1) is 24.8 Å². The summed E-state index contributed by atoms with van der Waals surface area (Å²) in [6.07, 6.45) is 2.42. The molecule has 1 amide bonds. The first-order valence-electron chi connectivity index (χ1n) is 9.45. The second-order valence-corrected chi connectivity index (χ2v) is 8.42. The van der Waals surface area contributed by atoms with Crippen LogP contribution in [0.15, 0.2) is 53.6 Å². The lowest BCUT2D eigenvalue weighted by molar-refractivity contribution is -0.131. The predicted octanol–water partition coefficient (Wildman–Crippen LogP) is 2.32. The third-order valence-electron chi connectivity index (χ3n) is 4.02. The number of esters is 1. The molecule has 0 heterocycles. The fraction of sp³-hybridized carbons (Fsp3) is 0.286. The third-order valence-corrected chi connectivity index (χ3v) is 5.26. The number of nitrogens with one attached hydrogen (secondary N) is 1. The Balaban J connectivity index is 2.09. The van der Waals surface area contributed by atoms with Crippen molar-refractivity contribution in [2.45, 2.75) is 26.8 Å². The summed E-state index contributed by atoms with van der Waals surface area (Å²) in [7, 11) is -3.74. The van der Waals surface area contributed by atoms with E-state index in [4.69, 9.17) is 9.47 Å². The Morgan fingerprint density at radius 3 is 2.19 bits per heavy atom. The zero-order chi connectivity index (χ0) is 23.0. The molecule has 0 saturated heterocycles. The van der Waals surface area contributed by atoms with E-state index in [1.165, 1.54) is 20.1 Å². The molecule has 0 aliphatic heterocycles. The van der Waals surface area contributed by atoms with Crippen molar-refractivity contribution in [3.63, 3.8) is 0 Å². The van der Waals surface area contributed by atoms with E-state index >= 15 is 0 Å². The van der Waals surface area contributed by atoms with Gasteiger partial charge in [0, 0.05) is 6.92 Å². The summed E-state index contributed by atoms with van der Waals surface area (Å²) in [6, 6.07) is 11.9. The van der Waals surface area contributed by atoms with Gasteiger partial charge in [0.1, 0.15) is 17.5 Å². The van der Waals surface area contributed by atoms with E-state index < -0.39 is 27.9 Å². The van der Waals surface area contributed by atoms with E-state index in [1.807, 2.05) is 6.92 Å². The Labute approximate surface area is 181 Å². The van der Waals surface area contributed by atoms with Crippen molar-refractivity contribution in [1.29, 1.82) is 0 Å². The van der Waals surface area contributed by atoms with Gasteiger partial charge >= 0.3 is 5.97 Å². The Kier molecular flexibility index (Phi) is 8.14. The van der Waals surface area contributed by atoms with E-state index in [-0.39, 0.29) is 0 Å². The molecule has 0 spiro atoms. The first kappa shape index (κ1) is 23.9. The lowest BCUT2D eigenvalue weighted by Gasteiger charge is -2.27. The molecule has 2 aromatic carbocycles. The number of amides is 1. The highest BCUT2D eigenvalue weighted by Crippen LogP contribution is 2.24. The molecule has 0 radical (unpaired) electrons. The Bertz CT molecular complexity index is 1030.